The Labute approximate surface area is 142 Å². The number of primary amides is 1. The van der Waals surface area contributed by atoms with Crippen molar-refractivity contribution < 1.29 is 9.59 Å². The van der Waals surface area contributed by atoms with Crippen molar-refractivity contribution in [1.29, 1.82) is 0 Å². The van der Waals surface area contributed by atoms with Crippen molar-refractivity contribution in [1.82, 2.24) is 10.2 Å². The van der Waals surface area contributed by atoms with E-state index in [2.05, 4.69) is 29.6 Å². The van der Waals surface area contributed by atoms with E-state index in [1.807, 2.05) is 17.2 Å². The summed E-state index contributed by atoms with van der Waals surface area (Å²) in [6, 6.07) is 9.30. The molecule has 0 bridgehead atoms. The minimum absolute atomic E-state index is 0.00985. The molecule has 2 rings (SSSR count). The van der Waals surface area contributed by atoms with Gasteiger partial charge >= 0.3 is 6.03 Å². The molecule has 3 amide bonds. The monoisotopic (exact) mass is 335 g/mol. The number of hydrogen-bond donors (Lipinski definition) is 2. The van der Waals surface area contributed by atoms with Crippen molar-refractivity contribution >= 4 is 23.7 Å². The molecule has 1 aromatic rings. The summed E-state index contributed by atoms with van der Waals surface area (Å²) in [5.41, 5.74) is 6.54. The second-order valence-corrected chi connectivity index (χ2v) is 6.84. The molecule has 5 nitrogen and oxygen atoms in total. The maximum atomic E-state index is 12.6. The fraction of sp³-hybridized carbons (Fsp3) is 0.529. The van der Waals surface area contributed by atoms with Crippen molar-refractivity contribution in [2.75, 3.05) is 25.1 Å². The SMILES string of the molecule is CSCC[C@@H](NC(N)=O)C(=O)N1CCC(c2ccccc2)CC1. The number of nitrogens with two attached hydrogens (primary N) is 1. The van der Waals surface area contributed by atoms with Crippen LogP contribution in [0.2, 0.25) is 0 Å². The van der Waals surface area contributed by atoms with Crippen LogP contribution in [0.15, 0.2) is 30.3 Å². The summed E-state index contributed by atoms with van der Waals surface area (Å²) >= 11 is 1.66. The van der Waals surface area contributed by atoms with Crippen LogP contribution in [0.25, 0.3) is 0 Å². The highest BCUT2D eigenvalue weighted by Gasteiger charge is 2.29. The smallest absolute Gasteiger partial charge is 0.312 e. The van der Waals surface area contributed by atoms with Gasteiger partial charge in [0, 0.05) is 13.1 Å². The molecule has 3 N–H and O–H groups in total. The van der Waals surface area contributed by atoms with Gasteiger partial charge in [0.05, 0.1) is 0 Å². The third kappa shape index (κ3) is 5.16. The molecule has 0 saturated carbocycles. The minimum Gasteiger partial charge on any atom is -0.352 e. The van der Waals surface area contributed by atoms with Crippen LogP contribution in [0, 0.1) is 0 Å². The number of nitrogens with zero attached hydrogens (tertiary/aromatic N) is 1. The highest BCUT2D eigenvalue weighted by molar-refractivity contribution is 7.98. The van der Waals surface area contributed by atoms with Crippen LogP contribution in [0.1, 0.15) is 30.7 Å². The maximum Gasteiger partial charge on any atom is 0.312 e. The summed E-state index contributed by atoms with van der Waals surface area (Å²) in [6.45, 7) is 1.46. The van der Waals surface area contributed by atoms with Gasteiger partial charge in [-0.25, -0.2) is 4.79 Å². The second kappa shape index (κ2) is 8.82. The first kappa shape index (κ1) is 17.7. The van der Waals surface area contributed by atoms with Crippen molar-refractivity contribution in [2.45, 2.75) is 31.2 Å². The van der Waals surface area contributed by atoms with Gasteiger partial charge in [-0.15, -0.1) is 0 Å². The first-order valence-electron chi connectivity index (χ1n) is 8.00. The van der Waals surface area contributed by atoms with Crippen molar-refractivity contribution in [3.8, 4) is 0 Å². The van der Waals surface area contributed by atoms with Gasteiger partial charge in [0.2, 0.25) is 5.91 Å². The number of carbonyl (C=O) groups is 2. The number of piperidine rings is 1. The quantitative estimate of drug-likeness (QED) is 0.837. The van der Waals surface area contributed by atoms with E-state index in [-0.39, 0.29) is 5.91 Å². The number of thioether (sulfide) groups is 1. The molecule has 1 atom stereocenters. The first-order valence-corrected chi connectivity index (χ1v) is 9.40. The number of likely N-dealkylation sites (tertiary alicyclic amines) is 1. The Morgan fingerprint density at radius 1 is 1.30 bits per heavy atom. The number of hydrogen-bond acceptors (Lipinski definition) is 3. The summed E-state index contributed by atoms with van der Waals surface area (Å²) in [5.74, 6) is 1.32. The van der Waals surface area contributed by atoms with Crippen LogP contribution in [0.5, 0.6) is 0 Å². The van der Waals surface area contributed by atoms with Crippen LogP contribution < -0.4 is 11.1 Å². The van der Waals surface area contributed by atoms with E-state index < -0.39 is 12.1 Å². The number of carbonyl (C=O) groups excluding carboxylic acids is 2. The zero-order valence-electron chi connectivity index (χ0n) is 13.5. The number of rotatable bonds is 6. The molecule has 1 saturated heterocycles. The molecule has 1 fully saturated rings. The second-order valence-electron chi connectivity index (χ2n) is 5.85. The molecule has 6 heteroatoms. The zero-order valence-corrected chi connectivity index (χ0v) is 14.3. The molecular formula is C17H25N3O2S. The molecule has 0 spiro atoms. The molecule has 0 radical (unpaired) electrons. The molecule has 1 aliphatic rings. The van der Waals surface area contributed by atoms with E-state index in [1.54, 1.807) is 11.8 Å². The number of benzene rings is 1. The van der Waals surface area contributed by atoms with E-state index in [0.717, 1.165) is 31.7 Å². The van der Waals surface area contributed by atoms with Crippen molar-refractivity contribution in [3.05, 3.63) is 35.9 Å². The van der Waals surface area contributed by atoms with Gasteiger partial charge in [-0.3, -0.25) is 4.79 Å². The molecule has 0 aliphatic carbocycles. The summed E-state index contributed by atoms with van der Waals surface area (Å²) < 4.78 is 0. The Morgan fingerprint density at radius 3 is 2.52 bits per heavy atom. The van der Waals surface area contributed by atoms with Crippen LogP contribution in [0.4, 0.5) is 4.79 Å². The fourth-order valence-electron chi connectivity index (χ4n) is 3.04. The normalized spacial score (nSPS) is 16.8. The van der Waals surface area contributed by atoms with Gasteiger partial charge in [-0.05, 0) is 42.8 Å². The van der Waals surface area contributed by atoms with Gasteiger partial charge in [-0.1, -0.05) is 30.3 Å². The molecule has 126 valence electrons. The van der Waals surface area contributed by atoms with E-state index in [9.17, 15) is 9.59 Å². The molecule has 1 aromatic carbocycles. The number of nitrogens with one attached hydrogen (secondary N) is 1. The lowest BCUT2D eigenvalue weighted by Crippen LogP contribution is -2.52. The van der Waals surface area contributed by atoms with Crippen molar-refractivity contribution in [2.24, 2.45) is 5.73 Å². The Hall–Kier alpha value is -1.69. The van der Waals surface area contributed by atoms with Gasteiger partial charge in [0.25, 0.3) is 0 Å². The molecule has 1 aliphatic heterocycles. The lowest BCUT2D eigenvalue weighted by Gasteiger charge is -2.34. The first-order chi connectivity index (χ1) is 11.1. The topological polar surface area (TPSA) is 75.4 Å². The Morgan fingerprint density at radius 2 is 1.96 bits per heavy atom. The highest BCUT2D eigenvalue weighted by Crippen LogP contribution is 2.28. The summed E-state index contributed by atoms with van der Waals surface area (Å²) in [4.78, 5) is 25.6. The van der Waals surface area contributed by atoms with Gasteiger partial charge in [-0.2, -0.15) is 11.8 Å². The Kier molecular flexibility index (Phi) is 6.77. The zero-order chi connectivity index (χ0) is 16.7. The lowest BCUT2D eigenvalue weighted by molar-refractivity contribution is -0.134. The number of urea groups is 1. The largest absolute Gasteiger partial charge is 0.352 e. The maximum absolute atomic E-state index is 12.6. The van der Waals surface area contributed by atoms with Gasteiger partial charge in [0.15, 0.2) is 0 Å². The van der Waals surface area contributed by atoms with Gasteiger partial charge in [0.1, 0.15) is 6.04 Å². The number of amides is 3. The fourth-order valence-corrected chi connectivity index (χ4v) is 3.52. The lowest BCUT2D eigenvalue weighted by atomic mass is 9.89. The van der Waals surface area contributed by atoms with Crippen LogP contribution in [-0.2, 0) is 4.79 Å². The van der Waals surface area contributed by atoms with E-state index in [4.69, 9.17) is 5.73 Å². The van der Waals surface area contributed by atoms with E-state index >= 15 is 0 Å². The highest BCUT2D eigenvalue weighted by atomic mass is 32.2. The third-order valence-corrected chi connectivity index (χ3v) is 4.95. The van der Waals surface area contributed by atoms with Crippen LogP contribution >= 0.6 is 11.8 Å². The standard InChI is InChI=1S/C17H25N3O2S/c1-23-12-9-15(19-17(18)22)16(21)20-10-7-14(8-11-20)13-5-3-2-4-6-13/h2-6,14-15H,7-12H2,1H3,(H3,18,19,22)/t15-/m1/s1. The molecule has 23 heavy (non-hydrogen) atoms. The molecule has 0 unspecified atom stereocenters. The predicted molar refractivity (Wildman–Crippen MR) is 94.5 cm³/mol. The Bertz CT molecular complexity index is 516. The average Bonchev–Trinajstić information content (AvgIpc) is 2.58. The summed E-state index contributed by atoms with van der Waals surface area (Å²) in [7, 11) is 0. The molecule has 1 heterocycles. The third-order valence-electron chi connectivity index (χ3n) is 4.30. The van der Waals surface area contributed by atoms with E-state index in [1.165, 1.54) is 5.56 Å². The Balaban J connectivity index is 1.91. The molecular weight excluding hydrogens is 310 g/mol. The summed E-state index contributed by atoms with van der Waals surface area (Å²) in [5, 5.41) is 2.59. The van der Waals surface area contributed by atoms with Crippen molar-refractivity contribution in [3.63, 3.8) is 0 Å². The summed E-state index contributed by atoms with van der Waals surface area (Å²) in [6.07, 6.45) is 4.52. The van der Waals surface area contributed by atoms with E-state index in [0.29, 0.717) is 12.3 Å². The van der Waals surface area contributed by atoms with Crippen LogP contribution in [0.3, 0.4) is 0 Å². The average molecular weight is 335 g/mol. The molecule has 0 aromatic heterocycles. The minimum atomic E-state index is -0.636. The predicted octanol–water partition coefficient (Wildman–Crippen LogP) is 2.18. The van der Waals surface area contributed by atoms with Crippen LogP contribution in [-0.4, -0.2) is 48.0 Å². The van der Waals surface area contributed by atoms with Gasteiger partial charge < -0.3 is 16.0 Å².